The number of rotatable bonds is 0. The third-order valence-corrected chi connectivity index (χ3v) is 3.61. The van der Waals surface area contributed by atoms with Gasteiger partial charge in [-0.05, 0) is 38.0 Å². The molecular formula is C10H12N2. The summed E-state index contributed by atoms with van der Waals surface area (Å²) in [6.07, 6.45) is 3.17. The second kappa shape index (κ2) is 2.23. The summed E-state index contributed by atoms with van der Waals surface area (Å²) >= 11 is 0. The zero-order valence-electron chi connectivity index (χ0n) is 7.25. The first-order chi connectivity index (χ1) is 5.69. The van der Waals surface area contributed by atoms with Crippen LogP contribution in [0.2, 0.25) is 0 Å². The van der Waals surface area contributed by atoms with E-state index in [0.717, 1.165) is 19.3 Å². The summed E-state index contributed by atoms with van der Waals surface area (Å²) in [4.78, 5) is 0. The molecule has 0 aliphatic heterocycles. The van der Waals surface area contributed by atoms with Gasteiger partial charge in [0.25, 0.3) is 0 Å². The molecule has 2 heteroatoms. The quantitative estimate of drug-likeness (QED) is 0.544. The van der Waals surface area contributed by atoms with Gasteiger partial charge in [-0.2, -0.15) is 10.5 Å². The highest BCUT2D eigenvalue weighted by Gasteiger charge is 2.53. The molecule has 2 nitrogen and oxygen atoms in total. The van der Waals surface area contributed by atoms with Crippen molar-refractivity contribution in [3.8, 4) is 12.1 Å². The first kappa shape index (κ1) is 7.62. The monoisotopic (exact) mass is 160 g/mol. The fourth-order valence-electron chi connectivity index (χ4n) is 3.04. The summed E-state index contributed by atoms with van der Waals surface area (Å²) in [6.45, 7) is 2.02. The van der Waals surface area contributed by atoms with E-state index >= 15 is 0 Å². The molecule has 0 radical (unpaired) electrons. The SMILES string of the molecule is CC1(C#N)CC2CC(C#N)C1C2. The Kier molecular flexibility index (Phi) is 1.42. The molecule has 0 aromatic heterocycles. The number of hydrogen-bond donors (Lipinski definition) is 0. The van der Waals surface area contributed by atoms with Crippen LogP contribution in [0.5, 0.6) is 0 Å². The zero-order valence-corrected chi connectivity index (χ0v) is 7.25. The molecule has 0 N–H and O–H groups in total. The summed E-state index contributed by atoms with van der Waals surface area (Å²) in [5.74, 6) is 1.18. The van der Waals surface area contributed by atoms with Gasteiger partial charge in [0.2, 0.25) is 0 Å². The van der Waals surface area contributed by atoms with E-state index in [1.807, 2.05) is 6.92 Å². The predicted octanol–water partition coefficient (Wildman–Crippen LogP) is 2.09. The molecule has 2 rings (SSSR count). The first-order valence-corrected chi connectivity index (χ1v) is 4.50. The van der Waals surface area contributed by atoms with Gasteiger partial charge in [-0.25, -0.2) is 0 Å². The normalized spacial score (nSPS) is 50.1. The van der Waals surface area contributed by atoms with Crippen molar-refractivity contribution in [3.63, 3.8) is 0 Å². The average Bonchev–Trinajstić information content (AvgIpc) is 2.60. The Morgan fingerprint density at radius 1 is 1.33 bits per heavy atom. The Morgan fingerprint density at radius 3 is 2.58 bits per heavy atom. The lowest BCUT2D eigenvalue weighted by Gasteiger charge is -2.29. The van der Waals surface area contributed by atoms with Crippen molar-refractivity contribution in [2.24, 2.45) is 23.2 Å². The van der Waals surface area contributed by atoms with Gasteiger partial charge in [-0.1, -0.05) is 0 Å². The standard InChI is InChI=1S/C10H12N2/c1-10(6-12)4-7-2-8(5-11)9(10)3-7/h7-9H,2-4H2,1H3. The highest BCUT2D eigenvalue weighted by Crippen LogP contribution is 2.57. The van der Waals surface area contributed by atoms with Crippen LogP contribution in [0.25, 0.3) is 0 Å². The van der Waals surface area contributed by atoms with Gasteiger partial charge < -0.3 is 0 Å². The fourth-order valence-corrected chi connectivity index (χ4v) is 3.04. The van der Waals surface area contributed by atoms with E-state index in [-0.39, 0.29) is 11.3 Å². The van der Waals surface area contributed by atoms with Crippen molar-refractivity contribution in [1.29, 1.82) is 10.5 Å². The van der Waals surface area contributed by atoms with E-state index in [9.17, 15) is 0 Å². The second-order valence-corrected chi connectivity index (χ2v) is 4.41. The number of nitriles is 2. The molecule has 0 aromatic carbocycles. The Bertz CT molecular complexity index is 283. The van der Waals surface area contributed by atoms with Gasteiger partial charge in [-0.3, -0.25) is 0 Å². The van der Waals surface area contributed by atoms with Crippen molar-refractivity contribution in [2.75, 3.05) is 0 Å². The molecule has 2 fully saturated rings. The van der Waals surface area contributed by atoms with Gasteiger partial charge in [0.05, 0.1) is 23.5 Å². The summed E-state index contributed by atoms with van der Waals surface area (Å²) in [7, 11) is 0. The van der Waals surface area contributed by atoms with Crippen LogP contribution in [-0.2, 0) is 0 Å². The third-order valence-electron chi connectivity index (χ3n) is 3.61. The highest BCUT2D eigenvalue weighted by molar-refractivity contribution is 5.15. The Hall–Kier alpha value is -1.02. The van der Waals surface area contributed by atoms with Crippen LogP contribution in [0.3, 0.4) is 0 Å². The van der Waals surface area contributed by atoms with E-state index in [1.54, 1.807) is 0 Å². The minimum absolute atomic E-state index is 0.161. The van der Waals surface area contributed by atoms with E-state index < -0.39 is 0 Å². The zero-order chi connectivity index (χ0) is 8.77. The molecule has 2 saturated carbocycles. The number of hydrogen-bond acceptors (Lipinski definition) is 2. The molecule has 0 amide bonds. The Labute approximate surface area is 72.8 Å². The van der Waals surface area contributed by atoms with Crippen LogP contribution in [0.4, 0.5) is 0 Å². The van der Waals surface area contributed by atoms with Crippen molar-refractivity contribution >= 4 is 0 Å². The van der Waals surface area contributed by atoms with E-state index in [0.29, 0.717) is 11.8 Å². The van der Waals surface area contributed by atoms with E-state index in [4.69, 9.17) is 10.5 Å². The van der Waals surface area contributed by atoms with Crippen LogP contribution < -0.4 is 0 Å². The van der Waals surface area contributed by atoms with Gasteiger partial charge >= 0.3 is 0 Å². The Balaban J connectivity index is 2.28. The van der Waals surface area contributed by atoms with Crippen LogP contribution in [0.15, 0.2) is 0 Å². The highest BCUT2D eigenvalue weighted by atomic mass is 14.6. The van der Waals surface area contributed by atoms with Crippen LogP contribution >= 0.6 is 0 Å². The molecule has 0 saturated heterocycles. The lowest BCUT2D eigenvalue weighted by atomic mass is 9.71. The largest absolute Gasteiger partial charge is 0.198 e. The molecular weight excluding hydrogens is 148 g/mol. The average molecular weight is 160 g/mol. The molecule has 0 heterocycles. The lowest BCUT2D eigenvalue weighted by Crippen LogP contribution is -2.27. The summed E-state index contributed by atoms with van der Waals surface area (Å²) in [5.41, 5.74) is -0.191. The van der Waals surface area contributed by atoms with Crippen molar-refractivity contribution in [1.82, 2.24) is 0 Å². The minimum atomic E-state index is -0.191. The van der Waals surface area contributed by atoms with Crippen molar-refractivity contribution in [3.05, 3.63) is 0 Å². The first-order valence-electron chi connectivity index (χ1n) is 4.50. The number of nitrogens with zero attached hydrogens (tertiary/aromatic N) is 2. The third kappa shape index (κ3) is 0.786. The van der Waals surface area contributed by atoms with Crippen LogP contribution in [-0.4, -0.2) is 0 Å². The lowest BCUT2D eigenvalue weighted by molar-refractivity contribution is 0.225. The molecule has 4 unspecified atom stereocenters. The molecule has 2 aliphatic carbocycles. The van der Waals surface area contributed by atoms with Crippen molar-refractivity contribution in [2.45, 2.75) is 26.2 Å². The van der Waals surface area contributed by atoms with Crippen LogP contribution in [0, 0.1) is 45.8 Å². The van der Waals surface area contributed by atoms with E-state index in [1.165, 1.54) is 0 Å². The molecule has 0 aromatic rings. The molecule has 0 spiro atoms. The predicted molar refractivity (Wildman–Crippen MR) is 43.7 cm³/mol. The molecule has 62 valence electrons. The van der Waals surface area contributed by atoms with Gasteiger partial charge in [0.15, 0.2) is 0 Å². The van der Waals surface area contributed by atoms with Crippen LogP contribution in [0.1, 0.15) is 26.2 Å². The van der Waals surface area contributed by atoms with Gasteiger partial charge in [0.1, 0.15) is 0 Å². The fraction of sp³-hybridized carbons (Fsp3) is 0.800. The maximum atomic E-state index is 9.00. The maximum Gasteiger partial charge on any atom is 0.0690 e. The smallest absolute Gasteiger partial charge is 0.0690 e. The summed E-state index contributed by atoms with van der Waals surface area (Å²) in [5, 5.41) is 17.9. The van der Waals surface area contributed by atoms with E-state index in [2.05, 4.69) is 12.1 Å². The molecule has 4 atom stereocenters. The second-order valence-electron chi connectivity index (χ2n) is 4.41. The Morgan fingerprint density at radius 2 is 2.08 bits per heavy atom. The summed E-state index contributed by atoms with van der Waals surface area (Å²) < 4.78 is 0. The molecule has 2 bridgehead atoms. The van der Waals surface area contributed by atoms with Gasteiger partial charge in [0, 0.05) is 0 Å². The minimum Gasteiger partial charge on any atom is -0.198 e. The molecule has 2 aliphatic rings. The van der Waals surface area contributed by atoms with Gasteiger partial charge in [-0.15, -0.1) is 0 Å². The summed E-state index contributed by atoms with van der Waals surface area (Å²) in [6, 6.07) is 4.72. The maximum absolute atomic E-state index is 9.00. The number of fused-ring (bicyclic) bond motifs is 2. The molecule has 12 heavy (non-hydrogen) atoms. The van der Waals surface area contributed by atoms with Crippen molar-refractivity contribution < 1.29 is 0 Å². The topological polar surface area (TPSA) is 47.6 Å².